The summed E-state index contributed by atoms with van der Waals surface area (Å²) in [6.45, 7) is 0. The summed E-state index contributed by atoms with van der Waals surface area (Å²) in [6, 6.07) is 6.44. The van der Waals surface area contributed by atoms with Gasteiger partial charge in [-0.05, 0) is 30.3 Å². The van der Waals surface area contributed by atoms with E-state index in [0.29, 0.717) is 16.4 Å². The molecule has 0 radical (unpaired) electrons. The summed E-state index contributed by atoms with van der Waals surface area (Å²) >= 11 is 0. The molecule has 1 aromatic heterocycles. The molecule has 0 spiro atoms. The number of urea groups is 1. The van der Waals surface area contributed by atoms with E-state index in [-0.39, 0.29) is 27.5 Å². The molecule has 12 heteroatoms. The third kappa shape index (κ3) is 3.57. The zero-order valence-electron chi connectivity index (χ0n) is 15.3. The number of nitrogens with one attached hydrogen (secondary N) is 2. The molecule has 4 rings (SSSR count). The number of halogens is 3. The summed E-state index contributed by atoms with van der Waals surface area (Å²) in [4.78, 5) is 28.2. The lowest BCUT2D eigenvalue weighted by atomic mass is 10.2. The lowest BCUT2D eigenvalue weighted by molar-refractivity contribution is 0.102. The number of amides is 3. The topological polar surface area (TPSA) is 108 Å². The predicted octanol–water partition coefficient (Wildman–Crippen LogP) is 3.49. The van der Waals surface area contributed by atoms with E-state index >= 15 is 0 Å². The Morgan fingerprint density at radius 2 is 1.77 bits per heavy atom. The van der Waals surface area contributed by atoms with Crippen LogP contribution in [-0.4, -0.2) is 25.3 Å². The van der Waals surface area contributed by atoms with Crippen LogP contribution < -0.4 is 14.9 Å². The molecule has 0 unspecified atom stereocenters. The van der Waals surface area contributed by atoms with Crippen molar-refractivity contribution in [3.8, 4) is 0 Å². The van der Waals surface area contributed by atoms with E-state index in [1.807, 2.05) is 0 Å². The fourth-order valence-corrected chi connectivity index (χ4v) is 4.43. The Morgan fingerprint density at radius 3 is 2.42 bits per heavy atom. The first kappa shape index (κ1) is 20.3. The average molecular weight is 448 g/mol. The summed E-state index contributed by atoms with van der Waals surface area (Å²) in [7, 11) is -4.40. The number of sulfonamides is 1. The number of hydrogen-bond donors (Lipinski definition) is 2. The van der Waals surface area contributed by atoms with Gasteiger partial charge in [0.25, 0.3) is 15.9 Å². The fraction of sp³-hybridized carbons (Fsp3) is 0. The third-order valence-electron chi connectivity index (χ3n) is 4.31. The average Bonchev–Trinajstić information content (AvgIpc) is 2.72. The highest BCUT2D eigenvalue weighted by atomic mass is 32.2. The predicted molar refractivity (Wildman–Crippen MR) is 104 cm³/mol. The van der Waals surface area contributed by atoms with Gasteiger partial charge < -0.3 is 10.6 Å². The summed E-state index contributed by atoms with van der Waals surface area (Å²) in [6.07, 6.45) is 2.58. The highest BCUT2D eigenvalue weighted by Crippen LogP contribution is 2.34. The van der Waals surface area contributed by atoms with Crippen molar-refractivity contribution in [2.75, 3.05) is 14.9 Å². The van der Waals surface area contributed by atoms with Gasteiger partial charge in [-0.1, -0.05) is 0 Å². The molecule has 0 saturated carbocycles. The zero-order chi connectivity index (χ0) is 22.3. The fourth-order valence-electron chi connectivity index (χ4n) is 2.91. The Bertz CT molecular complexity index is 1310. The molecule has 2 aromatic carbocycles. The largest absolute Gasteiger partial charge is 0.340 e. The van der Waals surface area contributed by atoms with Crippen molar-refractivity contribution in [1.29, 1.82) is 0 Å². The first-order valence-electron chi connectivity index (χ1n) is 8.55. The van der Waals surface area contributed by atoms with Gasteiger partial charge in [0.1, 0.15) is 4.90 Å². The molecular formula is C19H11F3N4O4S. The summed E-state index contributed by atoms with van der Waals surface area (Å²) in [5, 5.41) is 4.57. The van der Waals surface area contributed by atoms with Crippen LogP contribution in [0, 0.1) is 17.5 Å². The number of nitrogens with zero attached hydrogens (tertiary/aromatic N) is 2. The van der Waals surface area contributed by atoms with Crippen LogP contribution in [-0.2, 0) is 10.0 Å². The number of pyridine rings is 1. The van der Waals surface area contributed by atoms with E-state index in [4.69, 9.17) is 0 Å². The van der Waals surface area contributed by atoms with Crippen LogP contribution in [0.5, 0.6) is 0 Å². The van der Waals surface area contributed by atoms with Crippen molar-refractivity contribution in [2.24, 2.45) is 0 Å². The van der Waals surface area contributed by atoms with Gasteiger partial charge in [-0.25, -0.2) is 26.4 Å². The molecule has 158 valence electrons. The summed E-state index contributed by atoms with van der Waals surface area (Å²) in [5.74, 6) is -5.60. The standard InChI is InChI=1S/C19H11F3N4O4S/c20-13-7-11(8-14(21)17(13)22)24-18(27)10-3-4-15-16(6-10)31(29,30)26(19(28)25-15)12-2-1-5-23-9-12/h1-9H,(H,24,27)(H,25,28). The van der Waals surface area contributed by atoms with Crippen LogP contribution in [0.4, 0.5) is 35.0 Å². The second-order valence-corrected chi connectivity index (χ2v) is 8.08. The molecule has 3 aromatic rings. The van der Waals surface area contributed by atoms with Gasteiger partial charge >= 0.3 is 6.03 Å². The van der Waals surface area contributed by atoms with Gasteiger partial charge in [-0.3, -0.25) is 9.78 Å². The maximum atomic E-state index is 13.4. The Morgan fingerprint density at radius 1 is 1.06 bits per heavy atom. The molecule has 31 heavy (non-hydrogen) atoms. The Balaban J connectivity index is 1.70. The molecule has 0 fully saturated rings. The van der Waals surface area contributed by atoms with Gasteiger partial charge in [0.2, 0.25) is 0 Å². The van der Waals surface area contributed by atoms with Gasteiger partial charge in [0, 0.05) is 29.6 Å². The van der Waals surface area contributed by atoms with E-state index in [9.17, 15) is 31.2 Å². The van der Waals surface area contributed by atoms with Crippen molar-refractivity contribution >= 4 is 39.0 Å². The maximum absolute atomic E-state index is 13.4. The molecule has 2 heterocycles. The molecule has 0 aliphatic carbocycles. The van der Waals surface area contributed by atoms with Crippen LogP contribution in [0.25, 0.3) is 0 Å². The number of rotatable bonds is 3. The number of fused-ring (bicyclic) bond motifs is 1. The molecule has 0 bridgehead atoms. The zero-order valence-corrected chi connectivity index (χ0v) is 16.1. The van der Waals surface area contributed by atoms with Crippen LogP contribution in [0.1, 0.15) is 10.4 Å². The van der Waals surface area contributed by atoms with Crippen LogP contribution in [0.3, 0.4) is 0 Å². The number of aromatic nitrogens is 1. The third-order valence-corrected chi connectivity index (χ3v) is 6.06. The van der Waals surface area contributed by atoms with Crippen LogP contribution >= 0.6 is 0 Å². The van der Waals surface area contributed by atoms with Crippen molar-refractivity contribution in [2.45, 2.75) is 4.90 Å². The van der Waals surface area contributed by atoms with Gasteiger partial charge in [-0.2, -0.15) is 4.31 Å². The maximum Gasteiger partial charge on any atom is 0.340 e. The van der Waals surface area contributed by atoms with Gasteiger partial charge in [-0.15, -0.1) is 0 Å². The van der Waals surface area contributed by atoms with Crippen molar-refractivity contribution in [3.63, 3.8) is 0 Å². The minimum absolute atomic E-state index is 0.0160. The summed E-state index contributed by atoms with van der Waals surface area (Å²) < 4.78 is 66.4. The van der Waals surface area contributed by atoms with E-state index in [0.717, 1.165) is 6.07 Å². The second-order valence-electron chi connectivity index (χ2n) is 6.33. The van der Waals surface area contributed by atoms with Crippen LogP contribution in [0.15, 0.2) is 59.8 Å². The monoisotopic (exact) mass is 448 g/mol. The number of hydrogen-bond acceptors (Lipinski definition) is 5. The quantitative estimate of drug-likeness (QED) is 0.597. The second kappa shape index (κ2) is 7.40. The molecule has 2 N–H and O–H groups in total. The van der Waals surface area contributed by atoms with Gasteiger partial charge in [0.05, 0.1) is 17.6 Å². The Hall–Kier alpha value is -3.93. The molecule has 3 amide bonds. The highest BCUT2D eigenvalue weighted by Gasteiger charge is 2.38. The normalized spacial score (nSPS) is 14.5. The minimum Gasteiger partial charge on any atom is -0.322 e. The first-order valence-corrected chi connectivity index (χ1v) is 9.99. The molecular weight excluding hydrogens is 437 g/mol. The molecule has 1 aliphatic heterocycles. The lowest BCUT2D eigenvalue weighted by Crippen LogP contribution is -2.44. The smallest absolute Gasteiger partial charge is 0.322 e. The Kier molecular flexibility index (Phi) is 4.85. The first-order chi connectivity index (χ1) is 14.7. The number of benzene rings is 2. The molecule has 0 atom stereocenters. The molecule has 8 nitrogen and oxygen atoms in total. The SMILES string of the molecule is O=C(Nc1cc(F)c(F)c(F)c1)c1ccc2c(c1)S(=O)(=O)N(c1cccnc1)C(=O)N2. The van der Waals surface area contributed by atoms with Gasteiger partial charge in [0.15, 0.2) is 17.5 Å². The number of carbonyl (C=O) groups excluding carboxylic acids is 2. The van der Waals surface area contributed by atoms with Crippen molar-refractivity contribution < 1.29 is 31.2 Å². The number of anilines is 3. The minimum atomic E-state index is -4.40. The van der Waals surface area contributed by atoms with Crippen molar-refractivity contribution in [1.82, 2.24) is 4.98 Å². The Labute approximate surface area is 173 Å². The van der Waals surface area contributed by atoms with Crippen molar-refractivity contribution in [3.05, 3.63) is 77.9 Å². The van der Waals surface area contributed by atoms with E-state index < -0.39 is 39.4 Å². The van der Waals surface area contributed by atoms with Crippen LogP contribution in [0.2, 0.25) is 0 Å². The summed E-state index contributed by atoms with van der Waals surface area (Å²) in [5.41, 5.74) is -0.625. The molecule has 1 aliphatic rings. The molecule has 0 saturated heterocycles. The van der Waals surface area contributed by atoms with E-state index in [1.165, 1.54) is 36.7 Å². The number of carbonyl (C=O) groups is 2. The van der Waals surface area contributed by atoms with E-state index in [2.05, 4.69) is 15.6 Å². The lowest BCUT2D eigenvalue weighted by Gasteiger charge is -2.28. The highest BCUT2D eigenvalue weighted by molar-refractivity contribution is 7.94. The van der Waals surface area contributed by atoms with E-state index in [1.54, 1.807) is 0 Å².